The average Bonchev–Trinajstić information content (AvgIpc) is 2.82. The van der Waals surface area contributed by atoms with Crippen molar-refractivity contribution < 1.29 is 14.7 Å². The van der Waals surface area contributed by atoms with Gasteiger partial charge in [0, 0.05) is 20.6 Å². The van der Waals surface area contributed by atoms with Gasteiger partial charge in [-0.1, -0.05) is 42.5 Å². The van der Waals surface area contributed by atoms with Crippen LogP contribution >= 0.6 is 0 Å². The SMILES string of the molecule is CN1CC(C(=O)N(C)Cc2cccc3ccccc23)=C(O)C1=O. The second kappa shape index (κ2) is 5.76. The predicted octanol–water partition coefficient (Wildman–Crippen LogP) is 2.08. The van der Waals surface area contributed by atoms with Crippen LogP contribution in [0.5, 0.6) is 0 Å². The number of hydrogen-bond donors (Lipinski definition) is 1. The molecule has 0 spiro atoms. The molecule has 5 nitrogen and oxygen atoms in total. The summed E-state index contributed by atoms with van der Waals surface area (Å²) in [6.45, 7) is 0.554. The first-order valence-electron chi connectivity index (χ1n) is 7.38. The second-order valence-corrected chi connectivity index (χ2v) is 5.79. The van der Waals surface area contributed by atoms with Crippen LogP contribution in [-0.2, 0) is 16.1 Å². The van der Waals surface area contributed by atoms with Crippen molar-refractivity contribution in [3.8, 4) is 0 Å². The molecule has 0 radical (unpaired) electrons. The van der Waals surface area contributed by atoms with E-state index in [-0.39, 0.29) is 18.0 Å². The van der Waals surface area contributed by atoms with Gasteiger partial charge >= 0.3 is 0 Å². The van der Waals surface area contributed by atoms with Gasteiger partial charge in [-0.15, -0.1) is 0 Å². The third kappa shape index (κ3) is 2.65. The number of aliphatic hydroxyl groups is 1. The molecule has 0 saturated carbocycles. The van der Waals surface area contributed by atoms with Crippen molar-refractivity contribution in [2.45, 2.75) is 6.54 Å². The summed E-state index contributed by atoms with van der Waals surface area (Å²) in [6, 6.07) is 14.0. The summed E-state index contributed by atoms with van der Waals surface area (Å²) in [5.74, 6) is -1.28. The van der Waals surface area contributed by atoms with Crippen LogP contribution in [0, 0.1) is 0 Å². The Morgan fingerprint density at radius 3 is 2.61 bits per heavy atom. The van der Waals surface area contributed by atoms with Crippen LogP contribution in [0.25, 0.3) is 10.8 Å². The Hall–Kier alpha value is -2.82. The van der Waals surface area contributed by atoms with Gasteiger partial charge in [-0.2, -0.15) is 0 Å². The minimum absolute atomic E-state index is 0.142. The molecule has 0 atom stereocenters. The van der Waals surface area contributed by atoms with Gasteiger partial charge in [-0.3, -0.25) is 9.59 Å². The van der Waals surface area contributed by atoms with Crippen LogP contribution in [-0.4, -0.2) is 47.4 Å². The van der Waals surface area contributed by atoms with Crippen molar-refractivity contribution in [2.75, 3.05) is 20.6 Å². The van der Waals surface area contributed by atoms with E-state index in [0.717, 1.165) is 16.3 Å². The molecule has 2 aromatic carbocycles. The molecular formula is C18H18N2O3. The third-order valence-electron chi connectivity index (χ3n) is 4.12. The van der Waals surface area contributed by atoms with Crippen molar-refractivity contribution in [1.29, 1.82) is 0 Å². The van der Waals surface area contributed by atoms with Gasteiger partial charge in [-0.05, 0) is 16.3 Å². The number of hydrogen-bond acceptors (Lipinski definition) is 3. The monoisotopic (exact) mass is 310 g/mol. The molecule has 1 aliphatic rings. The average molecular weight is 310 g/mol. The fourth-order valence-electron chi connectivity index (χ4n) is 2.85. The number of fused-ring (bicyclic) bond motifs is 1. The van der Waals surface area contributed by atoms with Crippen molar-refractivity contribution in [2.24, 2.45) is 0 Å². The molecule has 0 bridgehead atoms. The lowest BCUT2D eigenvalue weighted by molar-refractivity contribution is -0.127. The molecule has 1 aliphatic heterocycles. The number of carbonyl (C=O) groups excluding carboxylic acids is 2. The highest BCUT2D eigenvalue weighted by Gasteiger charge is 2.33. The molecule has 0 aromatic heterocycles. The van der Waals surface area contributed by atoms with E-state index in [0.29, 0.717) is 6.54 Å². The number of rotatable bonds is 3. The third-order valence-corrected chi connectivity index (χ3v) is 4.12. The van der Waals surface area contributed by atoms with E-state index < -0.39 is 11.7 Å². The highest BCUT2D eigenvalue weighted by molar-refractivity contribution is 6.06. The summed E-state index contributed by atoms with van der Waals surface area (Å²) >= 11 is 0. The standard InChI is InChI=1S/C18H18N2O3/c1-19(17(22)15-11-20(2)18(23)16(15)21)10-13-8-5-7-12-6-3-4-9-14(12)13/h3-9,21H,10-11H2,1-2H3. The highest BCUT2D eigenvalue weighted by Crippen LogP contribution is 2.22. The lowest BCUT2D eigenvalue weighted by atomic mass is 10.0. The topological polar surface area (TPSA) is 60.9 Å². The van der Waals surface area contributed by atoms with Gasteiger partial charge in [-0.25, -0.2) is 0 Å². The van der Waals surface area contributed by atoms with E-state index in [2.05, 4.69) is 0 Å². The first-order chi connectivity index (χ1) is 11.0. The van der Waals surface area contributed by atoms with E-state index in [1.807, 2.05) is 42.5 Å². The molecule has 3 rings (SSSR count). The van der Waals surface area contributed by atoms with Crippen LogP contribution in [0.2, 0.25) is 0 Å². The normalized spacial score (nSPS) is 14.7. The molecular weight excluding hydrogens is 292 g/mol. The van der Waals surface area contributed by atoms with Crippen molar-refractivity contribution in [3.63, 3.8) is 0 Å². The first kappa shape index (κ1) is 15.1. The molecule has 0 aliphatic carbocycles. The number of nitrogens with zero attached hydrogens (tertiary/aromatic N) is 2. The van der Waals surface area contributed by atoms with Gasteiger partial charge in [0.05, 0.1) is 12.1 Å². The van der Waals surface area contributed by atoms with E-state index in [1.165, 1.54) is 9.80 Å². The quantitative estimate of drug-likeness (QED) is 0.944. The molecule has 2 amide bonds. The lowest BCUT2D eigenvalue weighted by Gasteiger charge is -2.19. The van der Waals surface area contributed by atoms with E-state index in [1.54, 1.807) is 14.1 Å². The molecule has 0 fully saturated rings. The molecule has 1 heterocycles. The van der Waals surface area contributed by atoms with Gasteiger partial charge in [0.2, 0.25) is 0 Å². The maximum atomic E-state index is 12.5. The summed E-state index contributed by atoms with van der Waals surface area (Å²) < 4.78 is 0. The summed E-state index contributed by atoms with van der Waals surface area (Å²) in [5, 5.41) is 12.0. The van der Waals surface area contributed by atoms with Gasteiger partial charge in [0.25, 0.3) is 11.8 Å². The fourth-order valence-corrected chi connectivity index (χ4v) is 2.85. The Balaban J connectivity index is 1.85. The van der Waals surface area contributed by atoms with Crippen LogP contribution in [0.4, 0.5) is 0 Å². The molecule has 1 N–H and O–H groups in total. The molecule has 23 heavy (non-hydrogen) atoms. The largest absolute Gasteiger partial charge is 0.503 e. The van der Waals surface area contributed by atoms with Crippen LogP contribution < -0.4 is 0 Å². The Bertz CT molecular complexity index is 821. The Morgan fingerprint density at radius 1 is 1.22 bits per heavy atom. The Labute approximate surface area is 134 Å². The van der Waals surface area contributed by atoms with Crippen molar-refractivity contribution in [3.05, 3.63) is 59.4 Å². The fraction of sp³-hybridized carbons (Fsp3) is 0.222. The maximum absolute atomic E-state index is 12.5. The zero-order chi connectivity index (χ0) is 16.6. The van der Waals surface area contributed by atoms with Crippen LogP contribution in [0.1, 0.15) is 5.56 Å². The Kier molecular flexibility index (Phi) is 3.78. The predicted molar refractivity (Wildman–Crippen MR) is 87.7 cm³/mol. The van der Waals surface area contributed by atoms with Gasteiger partial charge in [0.1, 0.15) is 0 Å². The zero-order valence-corrected chi connectivity index (χ0v) is 13.1. The molecule has 0 saturated heterocycles. The molecule has 118 valence electrons. The molecule has 5 heteroatoms. The van der Waals surface area contributed by atoms with E-state index in [4.69, 9.17) is 0 Å². The summed E-state index contributed by atoms with van der Waals surface area (Å²) in [6.07, 6.45) is 0. The summed E-state index contributed by atoms with van der Waals surface area (Å²) in [5.41, 5.74) is 1.18. The number of carbonyl (C=O) groups is 2. The lowest BCUT2D eigenvalue weighted by Crippen LogP contribution is -2.30. The molecule has 2 aromatic rings. The zero-order valence-electron chi connectivity index (χ0n) is 13.1. The number of likely N-dealkylation sites (N-methyl/N-ethyl adjacent to an activating group) is 2. The van der Waals surface area contributed by atoms with Crippen molar-refractivity contribution >= 4 is 22.6 Å². The smallest absolute Gasteiger partial charge is 0.289 e. The number of benzene rings is 2. The minimum Gasteiger partial charge on any atom is -0.503 e. The van der Waals surface area contributed by atoms with Crippen LogP contribution in [0.3, 0.4) is 0 Å². The number of aliphatic hydroxyl groups excluding tert-OH is 1. The minimum atomic E-state index is -0.507. The van der Waals surface area contributed by atoms with E-state index >= 15 is 0 Å². The Morgan fingerprint density at radius 2 is 1.91 bits per heavy atom. The highest BCUT2D eigenvalue weighted by atomic mass is 16.3. The summed E-state index contributed by atoms with van der Waals surface area (Å²) in [4.78, 5) is 27.0. The van der Waals surface area contributed by atoms with Gasteiger partial charge in [0.15, 0.2) is 5.76 Å². The second-order valence-electron chi connectivity index (χ2n) is 5.79. The van der Waals surface area contributed by atoms with Crippen molar-refractivity contribution in [1.82, 2.24) is 9.80 Å². The number of amides is 2. The summed E-state index contributed by atoms with van der Waals surface area (Å²) in [7, 11) is 3.23. The first-order valence-corrected chi connectivity index (χ1v) is 7.38. The van der Waals surface area contributed by atoms with E-state index in [9.17, 15) is 14.7 Å². The van der Waals surface area contributed by atoms with Gasteiger partial charge < -0.3 is 14.9 Å². The van der Waals surface area contributed by atoms with Crippen LogP contribution in [0.15, 0.2) is 53.8 Å². The maximum Gasteiger partial charge on any atom is 0.289 e. The molecule has 0 unspecified atom stereocenters.